The number of nitrogen functional groups attached to an aromatic ring is 1. The predicted octanol–water partition coefficient (Wildman–Crippen LogP) is 2.74. The third-order valence-electron chi connectivity index (χ3n) is 6.81. The first kappa shape index (κ1) is 19.7. The highest BCUT2D eigenvalue weighted by Gasteiger charge is 2.69. The minimum absolute atomic E-state index is 0.0221. The van der Waals surface area contributed by atoms with Crippen LogP contribution in [0.25, 0.3) is 5.52 Å². The van der Waals surface area contributed by atoms with E-state index in [1.807, 2.05) is 4.52 Å². The Labute approximate surface area is 178 Å². The van der Waals surface area contributed by atoms with Crippen LogP contribution in [0.3, 0.4) is 0 Å². The molecule has 31 heavy (non-hydrogen) atoms. The number of primary amides is 1. The maximum Gasteiger partial charge on any atom is 0.252 e. The number of anilines is 1. The molecule has 3 saturated carbocycles. The van der Waals surface area contributed by atoms with Crippen LogP contribution in [0.1, 0.15) is 66.5 Å². The van der Waals surface area contributed by atoms with Gasteiger partial charge in [0.1, 0.15) is 29.2 Å². The second kappa shape index (κ2) is 6.38. The molecule has 0 spiro atoms. The van der Waals surface area contributed by atoms with Crippen LogP contribution in [0.4, 0.5) is 10.2 Å². The molecule has 3 aromatic rings. The number of hydrogen-bond donors (Lipinski definition) is 2. The van der Waals surface area contributed by atoms with Crippen LogP contribution < -0.4 is 16.2 Å². The Morgan fingerprint density at radius 1 is 1.32 bits per heavy atom. The number of rotatable bonds is 6. The Morgan fingerprint density at radius 3 is 2.65 bits per heavy atom. The van der Waals surface area contributed by atoms with E-state index in [0.717, 1.165) is 42.4 Å². The summed E-state index contributed by atoms with van der Waals surface area (Å²) in [6.07, 6.45) is 4.79. The zero-order valence-corrected chi connectivity index (χ0v) is 17.8. The van der Waals surface area contributed by atoms with Crippen LogP contribution >= 0.6 is 0 Å². The fourth-order valence-corrected chi connectivity index (χ4v) is 5.77. The molecule has 0 atom stereocenters. The number of nitrogens with zero attached hydrogens (tertiary/aromatic N) is 4. The summed E-state index contributed by atoms with van der Waals surface area (Å²) in [5.41, 5.74) is 14.1. The molecule has 2 aromatic heterocycles. The molecule has 8 nitrogen and oxygen atoms in total. The van der Waals surface area contributed by atoms with Gasteiger partial charge in [-0.15, -0.1) is 0 Å². The molecule has 2 heterocycles. The fourth-order valence-electron chi connectivity index (χ4n) is 5.77. The maximum absolute atomic E-state index is 14.1. The number of methoxy groups -OCH3 is 1. The number of aromatic nitrogens is 4. The van der Waals surface area contributed by atoms with Crippen molar-refractivity contribution in [3.05, 3.63) is 46.9 Å². The largest absolute Gasteiger partial charge is 0.496 e. The number of benzene rings is 1. The Bertz CT molecular complexity index is 1210. The lowest BCUT2D eigenvalue weighted by Crippen LogP contribution is -2.65. The molecular weight excluding hydrogens is 399 g/mol. The summed E-state index contributed by atoms with van der Waals surface area (Å²) in [6.45, 7) is 4.15. The van der Waals surface area contributed by atoms with Crippen LogP contribution in [-0.2, 0) is 11.8 Å². The van der Waals surface area contributed by atoms with E-state index in [0.29, 0.717) is 23.6 Å². The average Bonchev–Trinajstić information content (AvgIpc) is 3.04. The molecule has 9 heteroatoms. The van der Waals surface area contributed by atoms with Crippen LogP contribution in [-0.4, -0.2) is 32.6 Å². The normalized spacial score (nSPS) is 24.2. The monoisotopic (exact) mass is 424 g/mol. The third kappa shape index (κ3) is 2.72. The summed E-state index contributed by atoms with van der Waals surface area (Å²) >= 11 is 0. The zero-order valence-electron chi connectivity index (χ0n) is 17.8. The second-order valence-electron chi connectivity index (χ2n) is 9.38. The standard InChI is InChI=1S/C22H25FN6O2/c1-11(2)20-28-17(15-18(24)26-10-27-29(15)20)22-7-21(8-22,9-22)6-12-4-13(23)5-14(19(25)30)16(12)31-3/h4-5,10-11H,6-9H2,1-3H3,(H2,25,30)(H2,24,26,27). The van der Waals surface area contributed by atoms with Crippen molar-refractivity contribution in [2.45, 2.75) is 50.9 Å². The molecule has 6 rings (SSSR count). The molecule has 0 unspecified atom stereocenters. The van der Waals surface area contributed by atoms with Crippen molar-refractivity contribution in [2.75, 3.05) is 12.8 Å². The molecule has 0 aliphatic heterocycles. The smallest absolute Gasteiger partial charge is 0.252 e. The van der Waals surface area contributed by atoms with Crippen molar-refractivity contribution in [3.8, 4) is 5.75 Å². The van der Waals surface area contributed by atoms with Crippen molar-refractivity contribution in [1.82, 2.24) is 19.6 Å². The topological polar surface area (TPSA) is 121 Å². The van der Waals surface area contributed by atoms with Crippen molar-refractivity contribution in [1.29, 1.82) is 0 Å². The van der Waals surface area contributed by atoms with E-state index in [9.17, 15) is 9.18 Å². The average molecular weight is 424 g/mol. The number of fused-ring (bicyclic) bond motifs is 1. The lowest BCUT2D eigenvalue weighted by Gasteiger charge is -2.70. The van der Waals surface area contributed by atoms with Gasteiger partial charge in [0.05, 0.1) is 18.4 Å². The van der Waals surface area contributed by atoms with E-state index >= 15 is 0 Å². The first-order valence-electron chi connectivity index (χ1n) is 10.3. The van der Waals surface area contributed by atoms with Crippen LogP contribution in [0.2, 0.25) is 0 Å². The molecule has 2 bridgehead atoms. The molecule has 1 aromatic carbocycles. The van der Waals surface area contributed by atoms with Gasteiger partial charge in [-0.2, -0.15) is 5.10 Å². The highest BCUT2D eigenvalue weighted by molar-refractivity contribution is 5.96. The van der Waals surface area contributed by atoms with E-state index < -0.39 is 11.7 Å². The fraction of sp³-hybridized carbons (Fsp3) is 0.455. The first-order chi connectivity index (χ1) is 14.7. The van der Waals surface area contributed by atoms with Gasteiger partial charge < -0.3 is 16.2 Å². The quantitative estimate of drug-likeness (QED) is 0.627. The summed E-state index contributed by atoms with van der Waals surface area (Å²) < 4.78 is 21.4. The van der Waals surface area contributed by atoms with Crippen molar-refractivity contribution in [2.24, 2.45) is 11.1 Å². The van der Waals surface area contributed by atoms with E-state index in [4.69, 9.17) is 21.2 Å². The summed E-state index contributed by atoms with van der Waals surface area (Å²) in [5.74, 6) is 0.669. The predicted molar refractivity (Wildman–Crippen MR) is 112 cm³/mol. The lowest BCUT2D eigenvalue weighted by atomic mass is 9.33. The van der Waals surface area contributed by atoms with E-state index in [-0.39, 0.29) is 22.3 Å². The van der Waals surface area contributed by atoms with Gasteiger partial charge in [0.25, 0.3) is 5.91 Å². The van der Waals surface area contributed by atoms with Crippen molar-refractivity contribution >= 4 is 17.2 Å². The molecule has 3 aliphatic carbocycles. The van der Waals surface area contributed by atoms with Gasteiger partial charge in [0, 0.05) is 11.3 Å². The summed E-state index contributed by atoms with van der Waals surface area (Å²) in [6, 6.07) is 2.56. The van der Waals surface area contributed by atoms with Gasteiger partial charge in [-0.05, 0) is 48.8 Å². The number of hydrogen-bond acceptors (Lipinski definition) is 6. The minimum atomic E-state index is -0.701. The Balaban J connectivity index is 1.47. The minimum Gasteiger partial charge on any atom is -0.496 e. The molecule has 3 fully saturated rings. The molecule has 0 saturated heterocycles. The van der Waals surface area contributed by atoms with Gasteiger partial charge in [-0.25, -0.2) is 18.9 Å². The molecule has 3 aliphatic rings. The lowest BCUT2D eigenvalue weighted by molar-refractivity contribution is -0.141. The number of halogens is 1. The maximum atomic E-state index is 14.1. The Morgan fingerprint density at radius 2 is 2.03 bits per heavy atom. The van der Waals surface area contributed by atoms with E-state index in [2.05, 4.69) is 23.9 Å². The first-order valence-corrected chi connectivity index (χ1v) is 10.3. The molecule has 162 valence electrons. The van der Waals surface area contributed by atoms with Gasteiger partial charge in [0.15, 0.2) is 5.82 Å². The summed E-state index contributed by atoms with van der Waals surface area (Å²) in [5, 5.41) is 4.38. The number of carbonyl (C=O) groups is 1. The van der Waals surface area contributed by atoms with Gasteiger partial charge in [-0.1, -0.05) is 13.8 Å². The zero-order chi connectivity index (χ0) is 22.1. The van der Waals surface area contributed by atoms with Gasteiger partial charge in [-0.3, -0.25) is 4.79 Å². The van der Waals surface area contributed by atoms with Crippen LogP contribution in [0, 0.1) is 11.2 Å². The highest BCUT2D eigenvalue weighted by Crippen LogP contribution is 2.75. The summed E-state index contributed by atoms with van der Waals surface area (Å²) in [7, 11) is 1.47. The van der Waals surface area contributed by atoms with E-state index in [1.165, 1.54) is 19.5 Å². The number of amides is 1. The Kier molecular flexibility index (Phi) is 4.06. The van der Waals surface area contributed by atoms with Gasteiger partial charge in [0.2, 0.25) is 0 Å². The second-order valence-corrected chi connectivity index (χ2v) is 9.38. The number of carbonyl (C=O) groups excluding carboxylic acids is 1. The number of imidazole rings is 1. The Hall–Kier alpha value is -3.23. The molecule has 0 radical (unpaired) electrons. The van der Waals surface area contributed by atoms with Crippen molar-refractivity contribution < 1.29 is 13.9 Å². The van der Waals surface area contributed by atoms with Gasteiger partial charge >= 0.3 is 0 Å². The van der Waals surface area contributed by atoms with E-state index in [1.54, 1.807) is 0 Å². The molecule has 4 N–H and O–H groups in total. The van der Waals surface area contributed by atoms with Crippen LogP contribution in [0.5, 0.6) is 5.75 Å². The molecular formula is C22H25FN6O2. The third-order valence-corrected chi connectivity index (χ3v) is 6.81. The summed E-state index contributed by atoms with van der Waals surface area (Å²) in [4.78, 5) is 20.9. The highest BCUT2D eigenvalue weighted by atomic mass is 19.1. The number of ether oxygens (including phenoxy) is 1. The molecule has 1 amide bonds. The van der Waals surface area contributed by atoms with Crippen molar-refractivity contribution in [3.63, 3.8) is 0 Å². The number of nitrogens with two attached hydrogens (primary N) is 2. The van der Waals surface area contributed by atoms with Crippen LogP contribution in [0.15, 0.2) is 18.5 Å². The SMILES string of the molecule is COc1c(CC23CC(c4nc(C(C)C)n5ncnc(N)c45)(C2)C3)cc(F)cc1C(N)=O.